The number of para-hydroxylation sites is 1. The quantitative estimate of drug-likeness (QED) is 0.872. The van der Waals surface area contributed by atoms with Gasteiger partial charge in [-0.1, -0.05) is 18.2 Å². The summed E-state index contributed by atoms with van der Waals surface area (Å²) in [5.74, 6) is 0.245. The lowest BCUT2D eigenvalue weighted by molar-refractivity contribution is -0.123. The Morgan fingerprint density at radius 2 is 1.83 bits per heavy atom. The van der Waals surface area contributed by atoms with Gasteiger partial charge in [0.15, 0.2) is 0 Å². The number of aryl methyl sites for hydroxylation is 1. The van der Waals surface area contributed by atoms with Crippen LogP contribution in [-0.2, 0) is 4.79 Å². The van der Waals surface area contributed by atoms with Crippen LogP contribution in [-0.4, -0.2) is 24.2 Å². The molecule has 1 aromatic carbocycles. The fourth-order valence-corrected chi connectivity index (χ4v) is 2.66. The maximum absolute atomic E-state index is 12.4. The number of rotatable bonds is 2. The van der Waals surface area contributed by atoms with Crippen molar-refractivity contribution in [3.63, 3.8) is 0 Å². The van der Waals surface area contributed by atoms with Gasteiger partial charge in [0.25, 0.3) is 0 Å². The van der Waals surface area contributed by atoms with E-state index < -0.39 is 0 Å². The Kier molecular flexibility index (Phi) is 4.02. The Balaban J connectivity index is 2.07. The second-order valence-electron chi connectivity index (χ2n) is 5.19. The third-order valence-electron chi connectivity index (χ3n) is 3.85. The van der Waals surface area contributed by atoms with Crippen LogP contribution < -0.4 is 4.90 Å². The first-order valence-corrected chi connectivity index (χ1v) is 6.61. The standard InChI is InChI=1S/C15H21NO2/c1-11-5-3-4-6-14(11)16(2)15(18)12-7-9-13(17)10-8-12/h3-6,12-13,17H,7-10H2,1-2H3. The molecule has 0 bridgehead atoms. The van der Waals surface area contributed by atoms with Crippen LogP contribution in [0.2, 0.25) is 0 Å². The van der Waals surface area contributed by atoms with Gasteiger partial charge in [0.05, 0.1) is 6.10 Å². The van der Waals surface area contributed by atoms with E-state index in [0.29, 0.717) is 0 Å². The van der Waals surface area contributed by atoms with Gasteiger partial charge >= 0.3 is 0 Å². The van der Waals surface area contributed by atoms with Crippen LogP contribution in [0, 0.1) is 12.8 Å². The number of anilines is 1. The zero-order valence-electron chi connectivity index (χ0n) is 11.1. The van der Waals surface area contributed by atoms with Crippen molar-refractivity contribution in [2.24, 2.45) is 5.92 Å². The smallest absolute Gasteiger partial charge is 0.229 e. The van der Waals surface area contributed by atoms with Crippen LogP contribution in [0.25, 0.3) is 0 Å². The molecule has 0 radical (unpaired) electrons. The molecule has 0 saturated heterocycles. The molecule has 1 fully saturated rings. The van der Waals surface area contributed by atoms with Crippen molar-refractivity contribution >= 4 is 11.6 Å². The third kappa shape index (κ3) is 2.72. The number of nitrogens with zero attached hydrogens (tertiary/aromatic N) is 1. The van der Waals surface area contributed by atoms with Crippen LogP contribution >= 0.6 is 0 Å². The molecule has 0 unspecified atom stereocenters. The van der Waals surface area contributed by atoms with Crippen molar-refractivity contribution in [2.45, 2.75) is 38.7 Å². The molecule has 3 heteroatoms. The molecule has 0 aromatic heterocycles. The monoisotopic (exact) mass is 247 g/mol. The van der Waals surface area contributed by atoms with Crippen molar-refractivity contribution in [1.82, 2.24) is 0 Å². The summed E-state index contributed by atoms with van der Waals surface area (Å²) in [6.07, 6.45) is 2.89. The van der Waals surface area contributed by atoms with Crippen molar-refractivity contribution in [3.05, 3.63) is 29.8 Å². The molecule has 0 heterocycles. The summed E-state index contributed by atoms with van der Waals surface area (Å²) in [6.45, 7) is 2.02. The van der Waals surface area contributed by atoms with E-state index in [1.807, 2.05) is 38.2 Å². The number of carbonyl (C=O) groups is 1. The van der Waals surface area contributed by atoms with E-state index in [1.54, 1.807) is 4.90 Å². The lowest BCUT2D eigenvalue weighted by atomic mass is 9.86. The molecule has 1 N–H and O–H groups in total. The molecular weight excluding hydrogens is 226 g/mol. The molecule has 3 nitrogen and oxygen atoms in total. The van der Waals surface area contributed by atoms with Gasteiger partial charge in [-0.3, -0.25) is 4.79 Å². The number of aliphatic hydroxyl groups is 1. The molecule has 0 aliphatic heterocycles. The molecular formula is C15H21NO2. The van der Waals surface area contributed by atoms with Crippen LogP contribution in [0.5, 0.6) is 0 Å². The van der Waals surface area contributed by atoms with Gasteiger partial charge in [-0.15, -0.1) is 0 Å². The Hall–Kier alpha value is -1.35. The van der Waals surface area contributed by atoms with Gasteiger partial charge < -0.3 is 10.0 Å². The van der Waals surface area contributed by atoms with Gasteiger partial charge in [-0.05, 0) is 44.2 Å². The van der Waals surface area contributed by atoms with Crippen molar-refractivity contribution in [3.8, 4) is 0 Å². The topological polar surface area (TPSA) is 40.5 Å². The maximum Gasteiger partial charge on any atom is 0.229 e. The Morgan fingerprint density at radius 3 is 2.44 bits per heavy atom. The number of aliphatic hydroxyl groups excluding tert-OH is 1. The molecule has 1 aliphatic carbocycles. The number of amides is 1. The summed E-state index contributed by atoms with van der Waals surface area (Å²) >= 11 is 0. The Bertz CT molecular complexity index is 422. The van der Waals surface area contributed by atoms with Crippen LogP contribution in [0.1, 0.15) is 31.2 Å². The first-order valence-electron chi connectivity index (χ1n) is 6.61. The van der Waals surface area contributed by atoms with E-state index in [-0.39, 0.29) is 17.9 Å². The minimum Gasteiger partial charge on any atom is -0.393 e. The Labute approximate surface area is 108 Å². The molecule has 18 heavy (non-hydrogen) atoms. The van der Waals surface area contributed by atoms with Gasteiger partial charge in [-0.25, -0.2) is 0 Å². The fourth-order valence-electron chi connectivity index (χ4n) is 2.66. The Morgan fingerprint density at radius 1 is 1.22 bits per heavy atom. The zero-order chi connectivity index (χ0) is 13.1. The van der Waals surface area contributed by atoms with Crippen LogP contribution in [0.15, 0.2) is 24.3 Å². The van der Waals surface area contributed by atoms with E-state index in [1.165, 1.54) is 0 Å². The molecule has 1 saturated carbocycles. The summed E-state index contributed by atoms with van der Waals surface area (Å²) in [7, 11) is 1.84. The first-order chi connectivity index (χ1) is 8.59. The minimum atomic E-state index is -0.210. The van der Waals surface area contributed by atoms with Gasteiger partial charge in [0.2, 0.25) is 5.91 Å². The van der Waals surface area contributed by atoms with E-state index in [0.717, 1.165) is 36.9 Å². The van der Waals surface area contributed by atoms with Crippen LogP contribution in [0.4, 0.5) is 5.69 Å². The number of hydrogen-bond donors (Lipinski definition) is 1. The largest absolute Gasteiger partial charge is 0.393 e. The third-order valence-corrected chi connectivity index (χ3v) is 3.85. The van der Waals surface area contributed by atoms with E-state index >= 15 is 0 Å². The van der Waals surface area contributed by atoms with E-state index in [2.05, 4.69) is 0 Å². The normalized spacial score (nSPS) is 23.7. The van der Waals surface area contributed by atoms with Crippen molar-refractivity contribution in [1.29, 1.82) is 0 Å². The highest BCUT2D eigenvalue weighted by Gasteiger charge is 2.28. The van der Waals surface area contributed by atoms with Crippen LogP contribution in [0.3, 0.4) is 0 Å². The summed E-state index contributed by atoms with van der Waals surface area (Å²) in [4.78, 5) is 14.2. The molecule has 0 spiro atoms. The predicted molar refractivity (Wildman–Crippen MR) is 72.6 cm³/mol. The molecule has 0 atom stereocenters. The van der Waals surface area contributed by atoms with E-state index in [4.69, 9.17) is 0 Å². The second kappa shape index (κ2) is 5.53. The maximum atomic E-state index is 12.4. The zero-order valence-corrected chi connectivity index (χ0v) is 11.1. The van der Waals surface area contributed by atoms with Gasteiger partial charge in [-0.2, -0.15) is 0 Å². The molecule has 98 valence electrons. The van der Waals surface area contributed by atoms with Gasteiger partial charge in [0.1, 0.15) is 0 Å². The molecule has 2 rings (SSSR count). The SMILES string of the molecule is Cc1ccccc1N(C)C(=O)C1CCC(O)CC1. The molecule has 1 aliphatic rings. The lowest BCUT2D eigenvalue weighted by Gasteiger charge is -2.29. The first kappa shape index (κ1) is 13.1. The minimum absolute atomic E-state index is 0.0676. The average molecular weight is 247 g/mol. The number of carbonyl (C=O) groups excluding carboxylic acids is 1. The highest BCUT2D eigenvalue weighted by molar-refractivity contribution is 5.95. The predicted octanol–water partition coefficient (Wildman–Crippen LogP) is 2.51. The van der Waals surface area contributed by atoms with Crippen molar-refractivity contribution in [2.75, 3.05) is 11.9 Å². The molecule has 1 aromatic rings. The van der Waals surface area contributed by atoms with Crippen molar-refractivity contribution < 1.29 is 9.90 Å². The summed E-state index contributed by atoms with van der Waals surface area (Å²) in [6, 6.07) is 7.93. The number of hydrogen-bond acceptors (Lipinski definition) is 2. The van der Waals surface area contributed by atoms with Gasteiger partial charge in [0, 0.05) is 18.7 Å². The van der Waals surface area contributed by atoms with E-state index in [9.17, 15) is 9.90 Å². The summed E-state index contributed by atoms with van der Waals surface area (Å²) in [5, 5.41) is 9.48. The average Bonchev–Trinajstić information content (AvgIpc) is 2.38. The highest BCUT2D eigenvalue weighted by Crippen LogP contribution is 2.28. The summed E-state index contributed by atoms with van der Waals surface area (Å²) < 4.78 is 0. The second-order valence-corrected chi connectivity index (χ2v) is 5.19. The summed E-state index contributed by atoms with van der Waals surface area (Å²) in [5.41, 5.74) is 2.10. The fraction of sp³-hybridized carbons (Fsp3) is 0.533. The molecule has 1 amide bonds. The highest BCUT2D eigenvalue weighted by atomic mass is 16.3. The number of benzene rings is 1. The lowest BCUT2D eigenvalue weighted by Crippen LogP contribution is -2.36.